The highest BCUT2D eigenvalue weighted by Crippen LogP contribution is 2.31. The quantitative estimate of drug-likeness (QED) is 0.780. The molecule has 0 atom stereocenters. The standard InChI is InChI=1S/C15H24O/c1-12(2)15(3,4)11-5-6-13-7-9-14(16)10-8-13/h7-10,12,16H,5-6,11H2,1-4H3. The second-order valence-corrected chi connectivity index (χ2v) is 5.66. The van der Waals surface area contributed by atoms with Crippen LogP contribution in [0, 0.1) is 11.3 Å². The molecule has 1 aromatic rings. The molecule has 0 bridgehead atoms. The Morgan fingerprint density at radius 3 is 2.19 bits per heavy atom. The second-order valence-electron chi connectivity index (χ2n) is 5.66. The number of phenolic OH excluding ortho intramolecular Hbond substituents is 1. The normalized spacial score (nSPS) is 12.1. The van der Waals surface area contributed by atoms with E-state index in [0.717, 1.165) is 12.3 Å². The van der Waals surface area contributed by atoms with E-state index in [1.165, 1.54) is 18.4 Å². The van der Waals surface area contributed by atoms with Crippen molar-refractivity contribution in [1.29, 1.82) is 0 Å². The third kappa shape index (κ3) is 3.88. The first-order chi connectivity index (χ1) is 7.42. The van der Waals surface area contributed by atoms with Crippen LogP contribution in [0.25, 0.3) is 0 Å². The van der Waals surface area contributed by atoms with Gasteiger partial charge in [-0.3, -0.25) is 0 Å². The van der Waals surface area contributed by atoms with E-state index < -0.39 is 0 Å². The van der Waals surface area contributed by atoms with E-state index in [1.54, 1.807) is 12.1 Å². The lowest BCUT2D eigenvalue weighted by Gasteiger charge is -2.29. The van der Waals surface area contributed by atoms with Gasteiger partial charge >= 0.3 is 0 Å². The first-order valence-corrected chi connectivity index (χ1v) is 6.20. The van der Waals surface area contributed by atoms with Crippen molar-refractivity contribution in [3.63, 3.8) is 0 Å². The molecule has 1 aromatic carbocycles. The van der Waals surface area contributed by atoms with Crippen LogP contribution < -0.4 is 0 Å². The molecule has 90 valence electrons. The van der Waals surface area contributed by atoms with Crippen LogP contribution in [0.1, 0.15) is 46.1 Å². The van der Waals surface area contributed by atoms with Crippen molar-refractivity contribution in [3.05, 3.63) is 29.8 Å². The molecule has 1 nitrogen and oxygen atoms in total. The zero-order chi connectivity index (χ0) is 12.2. The van der Waals surface area contributed by atoms with E-state index in [4.69, 9.17) is 0 Å². The first-order valence-electron chi connectivity index (χ1n) is 6.20. The summed E-state index contributed by atoms with van der Waals surface area (Å²) in [7, 11) is 0. The molecule has 0 aliphatic heterocycles. The number of hydrogen-bond acceptors (Lipinski definition) is 1. The van der Waals surface area contributed by atoms with Crippen molar-refractivity contribution in [1.82, 2.24) is 0 Å². The Bertz CT molecular complexity index is 309. The van der Waals surface area contributed by atoms with Crippen molar-refractivity contribution in [3.8, 4) is 5.75 Å². The fourth-order valence-corrected chi connectivity index (χ4v) is 1.70. The maximum atomic E-state index is 9.18. The molecule has 0 saturated heterocycles. The Kier molecular flexibility index (Phi) is 4.40. The van der Waals surface area contributed by atoms with Gasteiger partial charge in [0.1, 0.15) is 5.75 Å². The molecule has 0 spiro atoms. The molecular weight excluding hydrogens is 196 g/mol. The molecule has 16 heavy (non-hydrogen) atoms. The number of aromatic hydroxyl groups is 1. The average Bonchev–Trinajstić information content (AvgIpc) is 2.20. The highest BCUT2D eigenvalue weighted by molar-refractivity contribution is 5.25. The largest absolute Gasteiger partial charge is 0.508 e. The van der Waals surface area contributed by atoms with E-state index in [9.17, 15) is 5.11 Å². The number of aryl methyl sites for hydroxylation is 1. The molecule has 0 fully saturated rings. The average molecular weight is 220 g/mol. The van der Waals surface area contributed by atoms with Gasteiger partial charge in [0, 0.05) is 0 Å². The lowest BCUT2D eigenvalue weighted by molar-refractivity contribution is 0.224. The van der Waals surface area contributed by atoms with E-state index in [2.05, 4.69) is 27.7 Å². The van der Waals surface area contributed by atoms with Crippen LogP contribution in [0.15, 0.2) is 24.3 Å². The number of benzene rings is 1. The fourth-order valence-electron chi connectivity index (χ4n) is 1.70. The van der Waals surface area contributed by atoms with E-state index in [0.29, 0.717) is 11.2 Å². The van der Waals surface area contributed by atoms with Crippen molar-refractivity contribution >= 4 is 0 Å². The van der Waals surface area contributed by atoms with Gasteiger partial charge in [0.15, 0.2) is 0 Å². The van der Waals surface area contributed by atoms with Crippen molar-refractivity contribution in [2.75, 3.05) is 0 Å². The van der Waals surface area contributed by atoms with Gasteiger partial charge in [0.25, 0.3) is 0 Å². The maximum Gasteiger partial charge on any atom is 0.115 e. The van der Waals surface area contributed by atoms with Crippen molar-refractivity contribution < 1.29 is 5.11 Å². The van der Waals surface area contributed by atoms with Crippen LogP contribution in [-0.4, -0.2) is 5.11 Å². The molecular formula is C15H24O. The molecule has 1 N–H and O–H groups in total. The Balaban J connectivity index is 2.39. The van der Waals surface area contributed by atoms with Gasteiger partial charge in [-0.2, -0.15) is 0 Å². The molecule has 0 unspecified atom stereocenters. The van der Waals surface area contributed by atoms with Gasteiger partial charge in [-0.1, -0.05) is 39.8 Å². The second kappa shape index (κ2) is 5.38. The van der Waals surface area contributed by atoms with Crippen LogP contribution in [0.3, 0.4) is 0 Å². The smallest absolute Gasteiger partial charge is 0.115 e. The molecule has 0 heterocycles. The zero-order valence-corrected chi connectivity index (χ0v) is 11.0. The highest BCUT2D eigenvalue weighted by atomic mass is 16.3. The van der Waals surface area contributed by atoms with Crippen LogP contribution in [-0.2, 0) is 6.42 Å². The summed E-state index contributed by atoms with van der Waals surface area (Å²) in [6.07, 6.45) is 3.58. The summed E-state index contributed by atoms with van der Waals surface area (Å²) >= 11 is 0. The third-order valence-corrected chi connectivity index (χ3v) is 3.79. The van der Waals surface area contributed by atoms with Crippen LogP contribution in [0.2, 0.25) is 0 Å². The van der Waals surface area contributed by atoms with Gasteiger partial charge in [-0.25, -0.2) is 0 Å². The summed E-state index contributed by atoms with van der Waals surface area (Å²) < 4.78 is 0. The Morgan fingerprint density at radius 2 is 1.69 bits per heavy atom. The molecule has 0 aliphatic rings. The molecule has 0 amide bonds. The predicted octanol–water partition coefficient (Wildman–Crippen LogP) is 4.40. The van der Waals surface area contributed by atoms with Gasteiger partial charge in [0.05, 0.1) is 0 Å². The van der Waals surface area contributed by atoms with Crippen molar-refractivity contribution in [2.45, 2.75) is 47.0 Å². The van der Waals surface area contributed by atoms with Gasteiger partial charge < -0.3 is 5.11 Å². The van der Waals surface area contributed by atoms with Gasteiger partial charge in [-0.15, -0.1) is 0 Å². The predicted molar refractivity (Wildman–Crippen MR) is 69.7 cm³/mol. The molecule has 0 saturated carbocycles. The molecule has 1 rings (SSSR count). The SMILES string of the molecule is CC(C)C(C)(C)CCCc1ccc(O)cc1. The lowest BCUT2D eigenvalue weighted by Crippen LogP contribution is -2.19. The number of rotatable bonds is 5. The van der Waals surface area contributed by atoms with E-state index in [1.807, 2.05) is 12.1 Å². The molecule has 0 aromatic heterocycles. The lowest BCUT2D eigenvalue weighted by atomic mass is 9.77. The molecule has 0 radical (unpaired) electrons. The minimum absolute atomic E-state index is 0.353. The Morgan fingerprint density at radius 1 is 1.12 bits per heavy atom. The molecule has 1 heteroatoms. The summed E-state index contributed by atoms with van der Waals surface area (Å²) in [4.78, 5) is 0. The Hall–Kier alpha value is -0.980. The van der Waals surface area contributed by atoms with Gasteiger partial charge in [0.2, 0.25) is 0 Å². The summed E-state index contributed by atoms with van der Waals surface area (Å²) in [6, 6.07) is 7.56. The topological polar surface area (TPSA) is 20.2 Å². The number of hydrogen-bond donors (Lipinski definition) is 1. The highest BCUT2D eigenvalue weighted by Gasteiger charge is 2.21. The van der Waals surface area contributed by atoms with Crippen LogP contribution in [0.4, 0.5) is 0 Å². The summed E-state index contributed by atoms with van der Waals surface area (Å²) in [5.74, 6) is 1.08. The van der Waals surface area contributed by atoms with Crippen LogP contribution >= 0.6 is 0 Å². The zero-order valence-electron chi connectivity index (χ0n) is 11.0. The maximum absolute atomic E-state index is 9.18. The first kappa shape index (κ1) is 13.1. The summed E-state index contributed by atoms with van der Waals surface area (Å²) in [5.41, 5.74) is 1.74. The fraction of sp³-hybridized carbons (Fsp3) is 0.600. The van der Waals surface area contributed by atoms with Crippen molar-refractivity contribution in [2.24, 2.45) is 11.3 Å². The summed E-state index contributed by atoms with van der Waals surface area (Å²) in [6.45, 7) is 9.27. The summed E-state index contributed by atoms with van der Waals surface area (Å²) in [5, 5.41) is 9.18. The van der Waals surface area contributed by atoms with Gasteiger partial charge in [-0.05, 0) is 48.3 Å². The van der Waals surface area contributed by atoms with Crippen LogP contribution in [0.5, 0.6) is 5.75 Å². The minimum atomic E-state index is 0.353. The monoisotopic (exact) mass is 220 g/mol. The minimum Gasteiger partial charge on any atom is -0.508 e. The van der Waals surface area contributed by atoms with E-state index >= 15 is 0 Å². The van der Waals surface area contributed by atoms with E-state index in [-0.39, 0.29) is 0 Å². The third-order valence-electron chi connectivity index (χ3n) is 3.79. The molecule has 0 aliphatic carbocycles. The Labute approximate surface area is 99.5 Å². The number of phenols is 1.